The summed E-state index contributed by atoms with van der Waals surface area (Å²) < 4.78 is 0. The molecular weight excluding hydrogens is 188 g/mol. The molecule has 0 saturated heterocycles. The average molecular weight is 202 g/mol. The molecule has 0 heterocycles. The molecule has 0 saturated carbocycles. The smallest absolute Gasteiger partial charge is 0.326 e. The lowest BCUT2D eigenvalue weighted by molar-refractivity contribution is -0.140. The molecule has 0 rings (SSSR count). The first-order valence-corrected chi connectivity index (χ1v) is 4.32. The number of unbranched alkanes of at least 4 members (excludes halogenated alkanes) is 1. The SMILES string of the molecule is O=CNCCCCC(NC=O)C(=O)O. The van der Waals surface area contributed by atoms with E-state index in [0.29, 0.717) is 38.6 Å². The molecular formula is C8H14N2O4. The van der Waals surface area contributed by atoms with Crippen molar-refractivity contribution < 1.29 is 19.5 Å². The van der Waals surface area contributed by atoms with Crippen LogP contribution in [0.2, 0.25) is 0 Å². The fourth-order valence-electron chi connectivity index (χ4n) is 0.995. The van der Waals surface area contributed by atoms with Crippen molar-refractivity contribution in [1.82, 2.24) is 10.6 Å². The van der Waals surface area contributed by atoms with Gasteiger partial charge in [-0.1, -0.05) is 0 Å². The Labute approximate surface area is 81.7 Å². The zero-order valence-corrected chi connectivity index (χ0v) is 7.73. The van der Waals surface area contributed by atoms with Crippen molar-refractivity contribution >= 4 is 18.8 Å². The standard InChI is InChI=1S/C8H14N2O4/c11-5-9-4-2-1-3-7(8(13)14)10-6-12/h5-7H,1-4H2,(H,9,11)(H,10,12)(H,13,14). The highest BCUT2D eigenvalue weighted by Gasteiger charge is 2.14. The molecule has 0 aliphatic heterocycles. The van der Waals surface area contributed by atoms with Crippen molar-refractivity contribution in [3.63, 3.8) is 0 Å². The van der Waals surface area contributed by atoms with Crippen LogP contribution in [0.4, 0.5) is 0 Å². The van der Waals surface area contributed by atoms with Crippen molar-refractivity contribution in [1.29, 1.82) is 0 Å². The molecule has 0 aliphatic carbocycles. The van der Waals surface area contributed by atoms with Crippen LogP contribution in [-0.4, -0.2) is 36.5 Å². The predicted octanol–water partition coefficient (Wildman–Crippen LogP) is -0.898. The highest BCUT2D eigenvalue weighted by atomic mass is 16.4. The summed E-state index contributed by atoms with van der Waals surface area (Å²) in [7, 11) is 0. The summed E-state index contributed by atoms with van der Waals surface area (Å²) in [5, 5.41) is 13.3. The first-order valence-electron chi connectivity index (χ1n) is 4.32. The molecule has 0 radical (unpaired) electrons. The van der Waals surface area contributed by atoms with E-state index in [1.165, 1.54) is 0 Å². The van der Waals surface area contributed by atoms with Gasteiger partial charge >= 0.3 is 5.97 Å². The second-order valence-electron chi connectivity index (χ2n) is 2.74. The van der Waals surface area contributed by atoms with Gasteiger partial charge in [0.25, 0.3) is 0 Å². The van der Waals surface area contributed by atoms with Crippen molar-refractivity contribution in [3.8, 4) is 0 Å². The number of amides is 2. The summed E-state index contributed by atoms with van der Waals surface area (Å²) in [6.07, 6.45) is 2.68. The second-order valence-corrected chi connectivity index (χ2v) is 2.74. The molecule has 2 amide bonds. The van der Waals surface area contributed by atoms with E-state index in [1.54, 1.807) is 0 Å². The van der Waals surface area contributed by atoms with E-state index in [-0.39, 0.29) is 0 Å². The Kier molecular flexibility index (Phi) is 7.12. The van der Waals surface area contributed by atoms with Crippen LogP contribution < -0.4 is 10.6 Å². The van der Waals surface area contributed by atoms with E-state index in [4.69, 9.17) is 5.11 Å². The molecule has 0 aromatic heterocycles. The zero-order chi connectivity index (χ0) is 10.8. The second kappa shape index (κ2) is 8.03. The molecule has 3 N–H and O–H groups in total. The Morgan fingerprint density at radius 3 is 2.50 bits per heavy atom. The maximum Gasteiger partial charge on any atom is 0.326 e. The molecule has 14 heavy (non-hydrogen) atoms. The average Bonchev–Trinajstić information content (AvgIpc) is 2.15. The Bertz CT molecular complexity index is 196. The molecule has 6 nitrogen and oxygen atoms in total. The summed E-state index contributed by atoms with van der Waals surface area (Å²) in [4.78, 5) is 30.4. The Balaban J connectivity index is 3.55. The lowest BCUT2D eigenvalue weighted by Crippen LogP contribution is -2.35. The molecule has 80 valence electrons. The van der Waals surface area contributed by atoms with Gasteiger partial charge in [0, 0.05) is 6.54 Å². The van der Waals surface area contributed by atoms with Crippen molar-refractivity contribution in [2.24, 2.45) is 0 Å². The highest BCUT2D eigenvalue weighted by molar-refractivity contribution is 5.76. The molecule has 0 bridgehead atoms. The van der Waals surface area contributed by atoms with E-state index in [0.717, 1.165) is 0 Å². The van der Waals surface area contributed by atoms with Gasteiger partial charge in [0.1, 0.15) is 6.04 Å². The first kappa shape index (κ1) is 12.4. The van der Waals surface area contributed by atoms with E-state index < -0.39 is 12.0 Å². The van der Waals surface area contributed by atoms with Gasteiger partial charge in [-0.05, 0) is 19.3 Å². The number of aliphatic carboxylic acids is 1. The summed E-state index contributed by atoms with van der Waals surface area (Å²) in [6.45, 7) is 0.525. The van der Waals surface area contributed by atoms with Gasteiger partial charge in [0.15, 0.2) is 0 Å². The fraction of sp³-hybridized carbons (Fsp3) is 0.625. The molecule has 0 fully saturated rings. The van der Waals surface area contributed by atoms with Gasteiger partial charge in [-0.2, -0.15) is 0 Å². The predicted molar refractivity (Wildman–Crippen MR) is 48.5 cm³/mol. The summed E-state index contributed by atoms with van der Waals surface area (Å²) in [5.74, 6) is -1.04. The number of carboxylic acid groups (broad SMARTS) is 1. The zero-order valence-electron chi connectivity index (χ0n) is 7.73. The minimum absolute atomic E-state index is 0.370. The molecule has 0 aromatic carbocycles. The van der Waals surface area contributed by atoms with Gasteiger partial charge < -0.3 is 15.7 Å². The topological polar surface area (TPSA) is 95.5 Å². The number of carbonyl (C=O) groups is 3. The van der Waals surface area contributed by atoms with E-state index in [2.05, 4.69) is 10.6 Å². The van der Waals surface area contributed by atoms with Crippen LogP contribution in [0.15, 0.2) is 0 Å². The number of nitrogens with one attached hydrogen (secondary N) is 2. The van der Waals surface area contributed by atoms with Gasteiger partial charge in [0.05, 0.1) is 0 Å². The summed E-state index contributed by atoms with van der Waals surface area (Å²) in [6, 6.07) is -0.830. The van der Waals surface area contributed by atoms with Crippen LogP contribution in [0.5, 0.6) is 0 Å². The third-order valence-electron chi connectivity index (χ3n) is 1.71. The Morgan fingerprint density at radius 2 is 2.00 bits per heavy atom. The third-order valence-corrected chi connectivity index (χ3v) is 1.71. The molecule has 1 unspecified atom stereocenters. The van der Waals surface area contributed by atoms with Crippen LogP contribution >= 0.6 is 0 Å². The van der Waals surface area contributed by atoms with Crippen LogP contribution in [0.1, 0.15) is 19.3 Å². The summed E-state index contributed by atoms with van der Waals surface area (Å²) in [5.41, 5.74) is 0. The number of rotatable bonds is 9. The van der Waals surface area contributed by atoms with E-state index in [1.807, 2.05) is 0 Å². The number of carbonyl (C=O) groups excluding carboxylic acids is 2. The highest BCUT2D eigenvalue weighted by Crippen LogP contribution is 1.99. The quantitative estimate of drug-likeness (QED) is 0.333. The monoisotopic (exact) mass is 202 g/mol. The molecule has 0 aromatic rings. The van der Waals surface area contributed by atoms with Crippen LogP contribution in [-0.2, 0) is 14.4 Å². The van der Waals surface area contributed by atoms with E-state index in [9.17, 15) is 14.4 Å². The molecule has 0 aliphatic rings. The van der Waals surface area contributed by atoms with Crippen LogP contribution in [0, 0.1) is 0 Å². The van der Waals surface area contributed by atoms with Gasteiger partial charge in [-0.15, -0.1) is 0 Å². The van der Waals surface area contributed by atoms with Crippen molar-refractivity contribution in [3.05, 3.63) is 0 Å². The van der Waals surface area contributed by atoms with Gasteiger partial charge in [-0.3, -0.25) is 9.59 Å². The largest absolute Gasteiger partial charge is 0.480 e. The third kappa shape index (κ3) is 5.99. The van der Waals surface area contributed by atoms with E-state index >= 15 is 0 Å². The van der Waals surface area contributed by atoms with Crippen LogP contribution in [0.3, 0.4) is 0 Å². The molecule has 1 atom stereocenters. The van der Waals surface area contributed by atoms with Crippen LogP contribution in [0.25, 0.3) is 0 Å². The Hall–Kier alpha value is -1.59. The summed E-state index contributed by atoms with van der Waals surface area (Å²) >= 11 is 0. The van der Waals surface area contributed by atoms with Gasteiger partial charge in [0.2, 0.25) is 12.8 Å². The number of hydrogen-bond acceptors (Lipinski definition) is 3. The first-order chi connectivity index (χ1) is 6.72. The normalized spacial score (nSPS) is 11.4. The molecule has 0 spiro atoms. The van der Waals surface area contributed by atoms with Crippen molar-refractivity contribution in [2.45, 2.75) is 25.3 Å². The number of hydrogen-bond donors (Lipinski definition) is 3. The molecule has 6 heteroatoms. The maximum atomic E-state index is 10.5. The maximum absolute atomic E-state index is 10.5. The number of carboxylic acids is 1. The lowest BCUT2D eigenvalue weighted by atomic mass is 10.1. The minimum atomic E-state index is -1.04. The Morgan fingerprint density at radius 1 is 1.29 bits per heavy atom. The minimum Gasteiger partial charge on any atom is -0.480 e. The lowest BCUT2D eigenvalue weighted by Gasteiger charge is -2.10. The van der Waals surface area contributed by atoms with Crippen molar-refractivity contribution in [2.75, 3.05) is 6.54 Å². The van der Waals surface area contributed by atoms with Gasteiger partial charge in [-0.25, -0.2) is 4.79 Å². The fourth-order valence-corrected chi connectivity index (χ4v) is 0.995.